The summed E-state index contributed by atoms with van der Waals surface area (Å²) in [5.74, 6) is 0.564. The van der Waals surface area contributed by atoms with Crippen molar-refractivity contribution < 1.29 is 45.3 Å². The van der Waals surface area contributed by atoms with Crippen LogP contribution >= 0.6 is 0 Å². The van der Waals surface area contributed by atoms with E-state index in [-0.39, 0.29) is 48.4 Å². The second-order valence-electron chi connectivity index (χ2n) is 10.0. The summed E-state index contributed by atoms with van der Waals surface area (Å²) in [6.07, 6.45) is -4.06. The molecule has 3 aromatic rings. The Morgan fingerprint density at radius 2 is 1.63 bits per heavy atom. The minimum Gasteiger partial charge on any atom is -0.493 e. The van der Waals surface area contributed by atoms with Crippen molar-refractivity contribution in [1.29, 1.82) is 0 Å². The van der Waals surface area contributed by atoms with Gasteiger partial charge in [0.2, 0.25) is 10.0 Å². The number of nitrogens with zero attached hydrogens (tertiary/aromatic N) is 2. The number of rotatable bonds is 8. The molecule has 2 aliphatic rings. The number of fused-ring (bicyclic) bond motifs is 1. The Morgan fingerprint density at radius 3 is 2.28 bits per heavy atom. The monoisotopic (exact) mass is 620 g/mol. The zero-order valence-electron chi connectivity index (χ0n) is 23.6. The molecule has 0 saturated carbocycles. The highest BCUT2D eigenvalue weighted by atomic mass is 32.2. The fraction of sp³-hybridized carbons (Fsp3) is 0.367. The number of hydrogen-bond donors (Lipinski definition) is 0. The van der Waals surface area contributed by atoms with Crippen LogP contribution in [0.3, 0.4) is 0 Å². The Bertz CT molecular complexity index is 1570. The molecule has 2 aliphatic heterocycles. The van der Waals surface area contributed by atoms with Gasteiger partial charge < -0.3 is 23.8 Å². The molecular weight excluding hydrogens is 589 g/mol. The average Bonchev–Trinajstić information content (AvgIpc) is 3.02. The van der Waals surface area contributed by atoms with Crippen LogP contribution in [0.5, 0.6) is 17.2 Å². The van der Waals surface area contributed by atoms with Crippen LogP contribution in [0, 0.1) is 0 Å². The summed E-state index contributed by atoms with van der Waals surface area (Å²) in [5.41, 5.74) is 0.997. The van der Waals surface area contributed by atoms with Crippen molar-refractivity contribution in [3.8, 4) is 17.2 Å². The van der Waals surface area contributed by atoms with Crippen molar-refractivity contribution in [1.82, 2.24) is 9.21 Å². The molecule has 0 bridgehead atoms. The third kappa shape index (κ3) is 6.43. The predicted octanol–water partition coefficient (Wildman–Crippen LogP) is 4.56. The number of carbonyl (C=O) groups is 1. The van der Waals surface area contributed by atoms with Crippen LogP contribution in [0.1, 0.15) is 33.1 Å². The fourth-order valence-electron chi connectivity index (χ4n) is 5.26. The van der Waals surface area contributed by atoms with Crippen molar-refractivity contribution in [3.63, 3.8) is 0 Å². The van der Waals surface area contributed by atoms with Crippen molar-refractivity contribution in [2.24, 2.45) is 0 Å². The second-order valence-corrected chi connectivity index (χ2v) is 12.0. The largest absolute Gasteiger partial charge is 0.493 e. The van der Waals surface area contributed by atoms with Crippen LogP contribution < -0.4 is 14.2 Å². The second kappa shape index (κ2) is 12.4. The standard InChI is InChI=1S/C30H31F3N2O7S/c1-39-27-16-21-10-11-35(29(36)20-6-8-24(9-7-20)43(37,38)34-12-14-41-15-13-34)26(25(21)18-28(27)40-2)19-42-23-5-3-4-22(17-23)30(31,32)33/h3-9,16-18,26H,10-15,19H2,1-2H3/t26-/m1/s1. The molecule has 0 aliphatic carbocycles. The van der Waals surface area contributed by atoms with Crippen LogP contribution in [-0.4, -0.2) is 77.2 Å². The Labute approximate surface area is 247 Å². The number of hydrogen-bond acceptors (Lipinski definition) is 7. The van der Waals surface area contributed by atoms with Gasteiger partial charge >= 0.3 is 6.18 Å². The van der Waals surface area contributed by atoms with Gasteiger partial charge in [-0.3, -0.25) is 4.79 Å². The molecule has 0 radical (unpaired) electrons. The molecule has 9 nitrogen and oxygen atoms in total. The minimum absolute atomic E-state index is 0.00694. The third-order valence-electron chi connectivity index (χ3n) is 7.54. The van der Waals surface area contributed by atoms with Gasteiger partial charge in [0.25, 0.3) is 5.91 Å². The zero-order chi connectivity index (χ0) is 30.8. The summed E-state index contributed by atoms with van der Waals surface area (Å²) in [4.78, 5) is 15.5. The molecular formula is C30H31F3N2O7S. The predicted molar refractivity (Wildman–Crippen MR) is 150 cm³/mol. The summed E-state index contributed by atoms with van der Waals surface area (Å²) in [6.45, 7) is 1.26. The van der Waals surface area contributed by atoms with Gasteiger partial charge in [-0.05, 0) is 72.1 Å². The number of sulfonamides is 1. The summed E-state index contributed by atoms with van der Waals surface area (Å²) < 4.78 is 89.3. The summed E-state index contributed by atoms with van der Waals surface area (Å²) in [6, 6.07) is 13.2. The van der Waals surface area contributed by atoms with Crippen molar-refractivity contribution in [3.05, 3.63) is 82.9 Å². The first-order valence-electron chi connectivity index (χ1n) is 13.6. The molecule has 1 saturated heterocycles. The molecule has 1 fully saturated rings. The minimum atomic E-state index is -4.54. The van der Waals surface area contributed by atoms with E-state index in [9.17, 15) is 26.4 Å². The van der Waals surface area contributed by atoms with E-state index in [0.29, 0.717) is 36.7 Å². The van der Waals surface area contributed by atoms with E-state index in [1.165, 1.54) is 54.9 Å². The maximum absolute atomic E-state index is 13.8. The fourth-order valence-corrected chi connectivity index (χ4v) is 6.67. The third-order valence-corrected chi connectivity index (χ3v) is 9.45. The first-order valence-corrected chi connectivity index (χ1v) is 15.0. The molecule has 13 heteroatoms. The number of ether oxygens (including phenoxy) is 4. The number of halogens is 3. The van der Waals surface area contributed by atoms with Crippen LogP contribution in [-0.2, 0) is 27.4 Å². The zero-order valence-corrected chi connectivity index (χ0v) is 24.4. The molecule has 1 atom stereocenters. The van der Waals surface area contributed by atoms with E-state index in [1.54, 1.807) is 11.0 Å². The van der Waals surface area contributed by atoms with Gasteiger partial charge in [-0.1, -0.05) is 6.07 Å². The van der Waals surface area contributed by atoms with Crippen LogP contribution in [0.2, 0.25) is 0 Å². The molecule has 0 N–H and O–H groups in total. The highest BCUT2D eigenvalue weighted by molar-refractivity contribution is 7.89. The number of morpholine rings is 1. The maximum atomic E-state index is 13.8. The van der Waals surface area contributed by atoms with Gasteiger partial charge in [0.05, 0.1) is 43.9 Å². The molecule has 3 aromatic carbocycles. The SMILES string of the molecule is COc1cc2c(cc1OC)[C@@H](COc1cccc(C(F)(F)F)c1)N(C(=O)c1ccc(S(=O)(=O)N3CCOCC3)cc1)CC2. The lowest BCUT2D eigenvalue weighted by atomic mass is 9.91. The van der Waals surface area contributed by atoms with E-state index in [1.807, 2.05) is 6.07 Å². The van der Waals surface area contributed by atoms with Gasteiger partial charge in [0, 0.05) is 25.2 Å². The van der Waals surface area contributed by atoms with Gasteiger partial charge in [0.1, 0.15) is 12.4 Å². The first-order chi connectivity index (χ1) is 20.5. The van der Waals surface area contributed by atoms with E-state index < -0.39 is 27.8 Å². The maximum Gasteiger partial charge on any atom is 0.416 e. The summed E-state index contributed by atoms with van der Waals surface area (Å²) >= 11 is 0. The Morgan fingerprint density at radius 1 is 0.953 bits per heavy atom. The topological polar surface area (TPSA) is 94.6 Å². The van der Waals surface area contributed by atoms with Crippen LogP contribution in [0.25, 0.3) is 0 Å². The lowest BCUT2D eigenvalue weighted by Gasteiger charge is -2.37. The molecule has 43 heavy (non-hydrogen) atoms. The molecule has 5 rings (SSSR count). The summed E-state index contributed by atoms with van der Waals surface area (Å²) in [7, 11) is -0.748. The smallest absolute Gasteiger partial charge is 0.416 e. The van der Waals surface area contributed by atoms with Crippen molar-refractivity contribution in [2.75, 3.05) is 53.7 Å². The molecule has 230 valence electrons. The van der Waals surface area contributed by atoms with E-state index in [2.05, 4.69) is 0 Å². The highest BCUT2D eigenvalue weighted by Crippen LogP contribution is 2.39. The number of methoxy groups -OCH3 is 2. The molecule has 0 unspecified atom stereocenters. The van der Waals surface area contributed by atoms with Gasteiger partial charge in [-0.25, -0.2) is 8.42 Å². The van der Waals surface area contributed by atoms with E-state index >= 15 is 0 Å². The molecule has 2 heterocycles. The Kier molecular flexibility index (Phi) is 8.86. The molecule has 0 aromatic heterocycles. The number of alkyl halides is 3. The molecule has 0 spiro atoms. The molecule has 1 amide bonds. The quantitative estimate of drug-likeness (QED) is 0.365. The van der Waals surface area contributed by atoms with Crippen molar-refractivity contribution >= 4 is 15.9 Å². The van der Waals surface area contributed by atoms with Crippen LogP contribution in [0.4, 0.5) is 13.2 Å². The van der Waals surface area contributed by atoms with E-state index in [0.717, 1.165) is 17.7 Å². The lowest BCUT2D eigenvalue weighted by Crippen LogP contribution is -2.42. The normalized spacial score (nSPS) is 17.7. The Balaban J connectivity index is 1.44. The number of amides is 1. The number of carbonyl (C=O) groups excluding carboxylic acids is 1. The lowest BCUT2D eigenvalue weighted by molar-refractivity contribution is -0.137. The van der Waals surface area contributed by atoms with Gasteiger partial charge in [0.15, 0.2) is 11.5 Å². The van der Waals surface area contributed by atoms with Crippen molar-refractivity contribution in [2.45, 2.75) is 23.5 Å². The summed E-state index contributed by atoms with van der Waals surface area (Å²) in [5, 5.41) is 0. The van der Waals surface area contributed by atoms with E-state index in [4.69, 9.17) is 18.9 Å². The van der Waals surface area contributed by atoms with Gasteiger partial charge in [-0.2, -0.15) is 17.5 Å². The average molecular weight is 621 g/mol. The van der Waals surface area contributed by atoms with Gasteiger partial charge in [-0.15, -0.1) is 0 Å². The van der Waals surface area contributed by atoms with Crippen LogP contribution in [0.15, 0.2) is 65.6 Å². The first kappa shape index (κ1) is 30.6. The Hall–Kier alpha value is -3.81. The number of benzene rings is 3. The highest BCUT2D eigenvalue weighted by Gasteiger charge is 2.35.